The van der Waals surface area contributed by atoms with E-state index in [0.717, 1.165) is 12.5 Å². The molecule has 100 valence electrons. The molecule has 0 aliphatic rings. The van der Waals surface area contributed by atoms with Gasteiger partial charge in [0.15, 0.2) is 0 Å². The van der Waals surface area contributed by atoms with Crippen LogP contribution in [-0.4, -0.2) is 20.9 Å². The number of halogens is 3. The molecule has 1 amide bonds. The van der Waals surface area contributed by atoms with Crippen LogP contribution in [-0.2, 0) is 9.05 Å². The third-order valence-corrected chi connectivity index (χ3v) is 4.32. The van der Waals surface area contributed by atoms with Gasteiger partial charge in [-0.25, -0.2) is 8.42 Å². The number of hydrogen-bond donors (Lipinski definition) is 1. The maximum absolute atomic E-state index is 11.7. The van der Waals surface area contributed by atoms with E-state index >= 15 is 0 Å². The second-order valence-corrected chi connectivity index (χ2v) is 6.78. The Morgan fingerprint density at radius 1 is 1.33 bits per heavy atom. The SMILES string of the molecule is CCCNC(=O)c1cc(Cl)c(Cl)c(S(=O)(=O)Cl)c1. The van der Waals surface area contributed by atoms with Gasteiger partial charge in [-0.1, -0.05) is 30.1 Å². The summed E-state index contributed by atoms with van der Waals surface area (Å²) in [6.07, 6.45) is 0.758. The maximum Gasteiger partial charge on any atom is 0.262 e. The Kier molecular flexibility index (Phi) is 5.28. The Balaban J connectivity index is 3.25. The van der Waals surface area contributed by atoms with E-state index in [-0.39, 0.29) is 20.5 Å². The summed E-state index contributed by atoms with van der Waals surface area (Å²) >= 11 is 11.5. The Hall–Kier alpha value is -0.490. The van der Waals surface area contributed by atoms with Gasteiger partial charge >= 0.3 is 0 Å². The Morgan fingerprint density at radius 3 is 2.44 bits per heavy atom. The van der Waals surface area contributed by atoms with Gasteiger partial charge in [-0.2, -0.15) is 0 Å². The molecule has 0 fully saturated rings. The molecular weight excluding hydrogens is 321 g/mol. The van der Waals surface area contributed by atoms with Crippen LogP contribution in [0.1, 0.15) is 23.7 Å². The first kappa shape index (κ1) is 15.6. The topological polar surface area (TPSA) is 63.2 Å². The summed E-state index contributed by atoms with van der Waals surface area (Å²) in [6.45, 7) is 2.37. The second kappa shape index (κ2) is 6.10. The molecule has 0 atom stereocenters. The summed E-state index contributed by atoms with van der Waals surface area (Å²) in [7, 11) is 1.16. The highest BCUT2D eigenvalue weighted by atomic mass is 35.7. The molecule has 0 aromatic heterocycles. The van der Waals surface area contributed by atoms with Crippen molar-refractivity contribution in [2.24, 2.45) is 0 Å². The summed E-state index contributed by atoms with van der Waals surface area (Å²) in [5.41, 5.74) is 0.0945. The van der Waals surface area contributed by atoms with Gasteiger partial charge in [-0.15, -0.1) is 0 Å². The van der Waals surface area contributed by atoms with E-state index in [2.05, 4.69) is 5.32 Å². The van der Waals surface area contributed by atoms with Crippen molar-refractivity contribution < 1.29 is 13.2 Å². The molecule has 0 bridgehead atoms. The summed E-state index contributed by atoms with van der Waals surface area (Å²) in [4.78, 5) is 11.3. The lowest BCUT2D eigenvalue weighted by atomic mass is 10.2. The quantitative estimate of drug-likeness (QED) is 0.863. The standard InChI is InChI=1S/C10H10Cl3NO3S/c1-2-3-14-10(15)6-4-7(11)9(12)8(5-6)18(13,16)17/h4-5H,2-3H2,1H3,(H,14,15). The highest BCUT2D eigenvalue weighted by Gasteiger charge is 2.20. The normalized spacial score (nSPS) is 11.3. The van der Waals surface area contributed by atoms with Crippen LogP contribution < -0.4 is 5.32 Å². The Labute approximate surface area is 120 Å². The van der Waals surface area contributed by atoms with Crippen LogP contribution >= 0.6 is 33.9 Å². The minimum atomic E-state index is -4.06. The van der Waals surface area contributed by atoms with E-state index in [1.165, 1.54) is 6.07 Å². The molecule has 0 aliphatic carbocycles. The minimum Gasteiger partial charge on any atom is -0.352 e. The van der Waals surface area contributed by atoms with Gasteiger partial charge in [-0.3, -0.25) is 4.79 Å². The fourth-order valence-corrected chi connectivity index (χ4v) is 2.98. The van der Waals surface area contributed by atoms with Crippen molar-refractivity contribution in [3.8, 4) is 0 Å². The number of hydrogen-bond acceptors (Lipinski definition) is 3. The number of carbonyl (C=O) groups is 1. The van der Waals surface area contributed by atoms with Gasteiger partial charge in [0.2, 0.25) is 0 Å². The van der Waals surface area contributed by atoms with Crippen molar-refractivity contribution in [2.75, 3.05) is 6.54 Å². The third-order valence-electron chi connectivity index (χ3n) is 2.06. The molecule has 1 aromatic rings. The third kappa shape index (κ3) is 3.75. The van der Waals surface area contributed by atoms with Crippen LogP contribution in [0.15, 0.2) is 17.0 Å². The fraction of sp³-hybridized carbons (Fsp3) is 0.300. The largest absolute Gasteiger partial charge is 0.352 e. The maximum atomic E-state index is 11.7. The summed E-state index contributed by atoms with van der Waals surface area (Å²) in [5.74, 6) is -0.433. The average molecular weight is 331 g/mol. The number of nitrogens with one attached hydrogen (secondary N) is 1. The van der Waals surface area contributed by atoms with Crippen molar-refractivity contribution in [1.82, 2.24) is 5.32 Å². The number of rotatable bonds is 4. The molecule has 0 saturated carbocycles. The zero-order valence-electron chi connectivity index (χ0n) is 9.34. The first-order valence-corrected chi connectivity index (χ1v) is 8.05. The van der Waals surface area contributed by atoms with Gasteiger partial charge < -0.3 is 5.32 Å². The second-order valence-electron chi connectivity index (χ2n) is 3.46. The summed E-state index contributed by atoms with van der Waals surface area (Å²) in [6, 6.07) is 2.39. The smallest absolute Gasteiger partial charge is 0.262 e. The van der Waals surface area contributed by atoms with Gasteiger partial charge in [-0.05, 0) is 18.6 Å². The van der Waals surface area contributed by atoms with E-state index in [0.29, 0.717) is 6.54 Å². The zero-order valence-corrected chi connectivity index (χ0v) is 12.4. The molecule has 0 radical (unpaired) electrons. The molecule has 1 N–H and O–H groups in total. The van der Waals surface area contributed by atoms with E-state index in [1.807, 2.05) is 6.92 Å². The van der Waals surface area contributed by atoms with E-state index in [4.69, 9.17) is 33.9 Å². The summed E-state index contributed by atoms with van der Waals surface area (Å²) < 4.78 is 22.6. The molecular formula is C10H10Cl3NO3S. The zero-order chi connectivity index (χ0) is 13.9. The number of carbonyl (C=O) groups excluding carboxylic acids is 1. The average Bonchev–Trinajstić information content (AvgIpc) is 2.27. The molecule has 18 heavy (non-hydrogen) atoms. The molecule has 1 rings (SSSR count). The molecule has 0 saturated heterocycles. The van der Waals surface area contributed by atoms with Crippen LogP contribution in [0.5, 0.6) is 0 Å². The predicted octanol–water partition coefficient (Wildman–Crippen LogP) is 3.06. The molecule has 0 unspecified atom stereocenters. The van der Waals surface area contributed by atoms with Crippen LogP contribution in [0, 0.1) is 0 Å². The lowest BCUT2D eigenvalue weighted by Gasteiger charge is -2.07. The van der Waals surface area contributed by atoms with Crippen molar-refractivity contribution in [3.05, 3.63) is 27.7 Å². The van der Waals surface area contributed by atoms with Gasteiger partial charge in [0, 0.05) is 22.8 Å². The van der Waals surface area contributed by atoms with E-state index in [1.54, 1.807) is 0 Å². The molecule has 0 spiro atoms. The molecule has 0 heterocycles. The van der Waals surface area contributed by atoms with Gasteiger partial charge in [0.1, 0.15) is 4.90 Å². The first-order valence-electron chi connectivity index (χ1n) is 4.99. The van der Waals surface area contributed by atoms with Crippen molar-refractivity contribution in [2.45, 2.75) is 18.2 Å². The Morgan fingerprint density at radius 2 is 1.94 bits per heavy atom. The predicted molar refractivity (Wildman–Crippen MR) is 72.1 cm³/mol. The fourth-order valence-electron chi connectivity index (χ4n) is 1.21. The number of amides is 1. The lowest BCUT2D eigenvalue weighted by Crippen LogP contribution is -2.24. The first-order chi connectivity index (χ1) is 8.27. The molecule has 4 nitrogen and oxygen atoms in total. The van der Waals surface area contributed by atoms with E-state index < -0.39 is 15.0 Å². The van der Waals surface area contributed by atoms with Crippen LogP contribution in [0.25, 0.3) is 0 Å². The van der Waals surface area contributed by atoms with Crippen LogP contribution in [0.4, 0.5) is 0 Å². The van der Waals surface area contributed by atoms with Crippen molar-refractivity contribution >= 4 is 48.8 Å². The number of benzene rings is 1. The highest BCUT2D eigenvalue weighted by molar-refractivity contribution is 8.13. The van der Waals surface area contributed by atoms with Gasteiger partial charge in [0.05, 0.1) is 10.0 Å². The van der Waals surface area contributed by atoms with E-state index in [9.17, 15) is 13.2 Å². The van der Waals surface area contributed by atoms with Gasteiger partial charge in [0.25, 0.3) is 15.0 Å². The lowest BCUT2D eigenvalue weighted by molar-refractivity contribution is 0.0953. The summed E-state index contributed by atoms with van der Waals surface area (Å²) in [5, 5.41) is 2.36. The molecule has 0 aliphatic heterocycles. The minimum absolute atomic E-state index is 0.0416. The Bertz CT molecular complexity index is 572. The van der Waals surface area contributed by atoms with Crippen molar-refractivity contribution in [1.29, 1.82) is 0 Å². The van der Waals surface area contributed by atoms with Crippen LogP contribution in [0.2, 0.25) is 10.0 Å². The highest BCUT2D eigenvalue weighted by Crippen LogP contribution is 2.32. The monoisotopic (exact) mass is 329 g/mol. The van der Waals surface area contributed by atoms with Crippen LogP contribution in [0.3, 0.4) is 0 Å². The van der Waals surface area contributed by atoms with Crippen molar-refractivity contribution in [3.63, 3.8) is 0 Å². The molecule has 8 heteroatoms. The molecule has 1 aromatic carbocycles.